The Bertz CT molecular complexity index is 1180. The van der Waals surface area contributed by atoms with Crippen LogP contribution < -0.4 is 10.9 Å². The Hall–Kier alpha value is -3.85. The fraction of sp³-hybridized carbons (Fsp3) is 0.0690. The molecule has 0 aromatic heterocycles. The number of carbonyl (C=O) groups is 1. The van der Waals surface area contributed by atoms with E-state index in [1.165, 1.54) is 0 Å². The summed E-state index contributed by atoms with van der Waals surface area (Å²) in [5.74, 6) is 0.462. The maximum Gasteiger partial charge on any atom is 0.426 e. The van der Waals surface area contributed by atoms with Gasteiger partial charge in [0.2, 0.25) is 0 Å². The largest absolute Gasteiger partial charge is 0.551 e. The maximum absolute atomic E-state index is 13.0. The molecule has 4 aromatic rings. The van der Waals surface area contributed by atoms with E-state index in [-0.39, 0.29) is 12.7 Å². The average molecular weight is 416 g/mol. The maximum atomic E-state index is 13.0. The lowest BCUT2D eigenvalue weighted by molar-refractivity contribution is 0.104. The molecule has 0 aliphatic heterocycles. The molecule has 0 saturated carbocycles. The summed E-state index contributed by atoms with van der Waals surface area (Å²) < 4.78 is 6.65. The zero-order valence-corrected chi connectivity index (χ0v) is 18.4. The van der Waals surface area contributed by atoms with Gasteiger partial charge in [0.05, 0.1) is 0 Å². The Morgan fingerprint density at radius 2 is 1.16 bits per heavy atom. The van der Waals surface area contributed by atoms with Crippen LogP contribution in [-0.2, 0) is 4.65 Å². The first-order chi connectivity index (χ1) is 15.6. The first-order valence-electron chi connectivity index (χ1n) is 10.8. The van der Waals surface area contributed by atoms with Crippen LogP contribution in [0.15, 0.2) is 115 Å². The quantitative estimate of drug-likeness (QED) is 0.176. The van der Waals surface area contributed by atoms with E-state index in [4.69, 9.17) is 4.65 Å². The topological polar surface area (TPSA) is 26.3 Å². The molecule has 0 radical (unpaired) electrons. The van der Waals surface area contributed by atoms with Gasteiger partial charge in [-0.1, -0.05) is 120 Å². The molecule has 156 valence electrons. The van der Waals surface area contributed by atoms with E-state index in [1.807, 2.05) is 72.8 Å². The molecule has 0 aliphatic carbocycles. The van der Waals surface area contributed by atoms with Gasteiger partial charge in [0.1, 0.15) is 5.76 Å². The molecule has 0 unspecified atom stereocenters. The smallest absolute Gasteiger partial charge is 0.426 e. The fourth-order valence-corrected chi connectivity index (χ4v) is 3.71. The minimum atomic E-state index is -0.343. The van der Waals surface area contributed by atoms with Crippen LogP contribution in [0.1, 0.15) is 27.0 Å². The molecule has 0 spiro atoms. The molecule has 0 bridgehead atoms. The van der Waals surface area contributed by atoms with Crippen molar-refractivity contribution in [3.8, 4) is 0 Å². The number of benzene rings is 4. The summed E-state index contributed by atoms with van der Waals surface area (Å²) in [6.45, 7) is 3.80. The van der Waals surface area contributed by atoms with Gasteiger partial charge >= 0.3 is 6.92 Å². The van der Waals surface area contributed by atoms with Gasteiger partial charge in [0.15, 0.2) is 5.78 Å². The van der Waals surface area contributed by atoms with E-state index in [9.17, 15) is 4.79 Å². The summed E-state index contributed by atoms with van der Waals surface area (Å²) in [4.78, 5) is 13.0. The van der Waals surface area contributed by atoms with Crippen molar-refractivity contribution in [2.75, 3.05) is 0 Å². The Kier molecular flexibility index (Phi) is 6.67. The van der Waals surface area contributed by atoms with Crippen LogP contribution in [0, 0.1) is 13.8 Å². The van der Waals surface area contributed by atoms with Crippen LogP contribution in [0.25, 0.3) is 5.76 Å². The van der Waals surface area contributed by atoms with Gasteiger partial charge in [-0.05, 0) is 24.8 Å². The summed E-state index contributed by atoms with van der Waals surface area (Å²) >= 11 is 0. The molecule has 4 rings (SSSR count). The lowest BCUT2D eigenvalue weighted by Gasteiger charge is -2.20. The molecule has 32 heavy (non-hydrogen) atoms. The van der Waals surface area contributed by atoms with Crippen molar-refractivity contribution in [2.24, 2.45) is 0 Å². The lowest BCUT2D eigenvalue weighted by atomic mass is 9.55. The van der Waals surface area contributed by atoms with Gasteiger partial charge in [0.25, 0.3) is 0 Å². The van der Waals surface area contributed by atoms with Crippen LogP contribution >= 0.6 is 0 Å². The number of hydrogen-bond acceptors (Lipinski definition) is 2. The van der Waals surface area contributed by atoms with Gasteiger partial charge < -0.3 is 4.65 Å². The second kappa shape index (κ2) is 9.97. The predicted octanol–water partition coefficient (Wildman–Crippen LogP) is 5.35. The standard InChI is InChI=1S/C29H25BO2/c1-22-11-9-17-26(19-22)30(27-18-10-12-23(2)20-27)32-29(25-15-7-4-8-16-25)21-28(31)24-13-5-3-6-14-24/h3-21H,1-2H3/b29-21-. The number of aryl methyl sites for hydroxylation is 2. The summed E-state index contributed by atoms with van der Waals surface area (Å²) in [5.41, 5.74) is 5.91. The molecular weight excluding hydrogens is 391 g/mol. The zero-order valence-electron chi connectivity index (χ0n) is 18.4. The molecule has 0 saturated heterocycles. The average Bonchev–Trinajstić information content (AvgIpc) is 2.82. The van der Waals surface area contributed by atoms with Crippen molar-refractivity contribution < 1.29 is 9.45 Å². The second-order valence-electron chi connectivity index (χ2n) is 7.93. The first kappa shape index (κ1) is 21.4. The van der Waals surface area contributed by atoms with Crippen molar-refractivity contribution in [3.63, 3.8) is 0 Å². The van der Waals surface area contributed by atoms with Crippen molar-refractivity contribution >= 4 is 29.4 Å². The summed E-state index contributed by atoms with van der Waals surface area (Å²) in [6.07, 6.45) is 1.60. The van der Waals surface area contributed by atoms with E-state index in [0.717, 1.165) is 27.6 Å². The number of ketones is 1. The molecule has 0 amide bonds. The van der Waals surface area contributed by atoms with Gasteiger partial charge in [-0.25, -0.2) is 0 Å². The predicted molar refractivity (Wildman–Crippen MR) is 134 cm³/mol. The number of carbonyl (C=O) groups excluding carboxylic acids is 1. The SMILES string of the molecule is Cc1cccc(B(O/C(=C\C(=O)c2ccccc2)c2ccccc2)c2cccc(C)c2)c1. The summed E-state index contributed by atoms with van der Waals surface area (Å²) in [5, 5.41) is 0. The van der Waals surface area contributed by atoms with E-state index >= 15 is 0 Å². The van der Waals surface area contributed by atoms with Crippen LogP contribution in [0.5, 0.6) is 0 Å². The second-order valence-corrected chi connectivity index (χ2v) is 7.93. The first-order valence-corrected chi connectivity index (χ1v) is 10.8. The number of allylic oxidation sites excluding steroid dienone is 1. The van der Waals surface area contributed by atoms with E-state index in [0.29, 0.717) is 11.3 Å². The third-order valence-electron chi connectivity index (χ3n) is 5.31. The van der Waals surface area contributed by atoms with Crippen LogP contribution in [-0.4, -0.2) is 12.7 Å². The lowest BCUT2D eigenvalue weighted by Crippen LogP contribution is -2.44. The van der Waals surface area contributed by atoms with Crippen LogP contribution in [0.4, 0.5) is 0 Å². The Morgan fingerprint density at radius 3 is 1.66 bits per heavy atom. The van der Waals surface area contributed by atoms with Crippen LogP contribution in [0.2, 0.25) is 0 Å². The van der Waals surface area contributed by atoms with E-state index < -0.39 is 0 Å². The van der Waals surface area contributed by atoms with Gasteiger partial charge in [-0.2, -0.15) is 0 Å². The summed E-state index contributed by atoms with van der Waals surface area (Å²) in [6, 6.07) is 35.7. The highest BCUT2D eigenvalue weighted by molar-refractivity contribution is 6.80. The molecule has 0 aliphatic rings. The molecule has 0 atom stereocenters. The molecular formula is C29H25BO2. The molecule has 2 nitrogen and oxygen atoms in total. The van der Waals surface area contributed by atoms with Crippen molar-refractivity contribution in [1.29, 1.82) is 0 Å². The van der Waals surface area contributed by atoms with Crippen LogP contribution in [0.3, 0.4) is 0 Å². The third-order valence-corrected chi connectivity index (χ3v) is 5.31. The molecule has 0 N–H and O–H groups in total. The van der Waals surface area contributed by atoms with Crippen molar-refractivity contribution in [1.82, 2.24) is 0 Å². The highest BCUT2D eigenvalue weighted by atomic mass is 16.4. The monoisotopic (exact) mass is 416 g/mol. The third kappa shape index (κ3) is 5.25. The highest BCUT2D eigenvalue weighted by Crippen LogP contribution is 2.19. The van der Waals surface area contributed by atoms with Gasteiger partial charge in [-0.15, -0.1) is 0 Å². The zero-order chi connectivity index (χ0) is 22.3. The highest BCUT2D eigenvalue weighted by Gasteiger charge is 2.26. The normalized spacial score (nSPS) is 11.1. The molecule has 0 heterocycles. The molecule has 3 heteroatoms. The van der Waals surface area contributed by atoms with Gasteiger partial charge in [0, 0.05) is 17.2 Å². The van der Waals surface area contributed by atoms with Crippen molar-refractivity contribution in [2.45, 2.75) is 13.8 Å². The van der Waals surface area contributed by atoms with Crippen molar-refractivity contribution in [3.05, 3.63) is 138 Å². The van der Waals surface area contributed by atoms with Gasteiger partial charge in [-0.3, -0.25) is 4.79 Å². The minimum absolute atomic E-state index is 0.0864. The Balaban J connectivity index is 1.80. The van der Waals surface area contributed by atoms with E-state index in [2.05, 4.69) is 50.2 Å². The van der Waals surface area contributed by atoms with E-state index in [1.54, 1.807) is 6.08 Å². The number of hydrogen-bond donors (Lipinski definition) is 0. The minimum Gasteiger partial charge on any atom is -0.551 e. The fourth-order valence-electron chi connectivity index (χ4n) is 3.71. The molecule has 0 fully saturated rings. The Labute approximate surface area is 190 Å². The molecule has 4 aromatic carbocycles. The Morgan fingerprint density at radius 1 is 0.656 bits per heavy atom. The number of rotatable bonds is 7. The summed E-state index contributed by atoms with van der Waals surface area (Å²) in [7, 11) is 0.